The number of benzene rings is 11. The van der Waals surface area contributed by atoms with Crippen LogP contribution in [0.2, 0.25) is 58.9 Å². The summed E-state index contributed by atoms with van der Waals surface area (Å²) in [6.45, 7) is 25.4. The van der Waals surface area contributed by atoms with Crippen LogP contribution in [0, 0.1) is 50.2 Å². The molecule has 3 radical (unpaired) electrons. The van der Waals surface area contributed by atoms with Crippen LogP contribution in [0.15, 0.2) is 368 Å². The molecule has 0 N–H and O–H groups in total. The van der Waals surface area contributed by atoms with Crippen molar-refractivity contribution in [2.45, 2.75) is 82.6 Å². The third-order valence-corrected chi connectivity index (χ3v) is 35.8. The quantitative estimate of drug-likeness (QED) is 0.0930. The molecule has 0 aliphatic carbocycles. The molecule has 2 aliphatic rings. The molecule has 11 aromatic carbocycles. The number of rotatable bonds is 11. The Morgan fingerprint density at radius 1 is 0.306 bits per heavy atom. The first kappa shape index (κ1) is 92.5. The number of fused-ring (bicyclic) bond motifs is 9. The summed E-state index contributed by atoms with van der Waals surface area (Å²) in [7, 11) is -10.0. The van der Waals surface area contributed by atoms with Crippen LogP contribution in [-0.4, -0.2) is 70.6 Å². The van der Waals surface area contributed by atoms with Crippen molar-refractivity contribution in [1.82, 2.24) is 29.9 Å². The number of aromatic nitrogens is 6. The molecule has 0 saturated heterocycles. The second kappa shape index (κ2) is 41.0. The third kappa shape index (κ3) is 20.8. The van der Waals surface area contributed by atoms with Gasteiger partial charge in [0.15, 0.2) is 9.84 Å². The van der Waals surface area contributed by atoms with E-state index >= 15 is 0 Å². The first-order chi connectivity index (χ1) is 58.5. The van der Waals surface area contributed by atoms with Gasteiger partial charge in [-0.3, -0.25) is 0 Å². The fraction of sp³-hybridized carbons (Fsp3) is 0.103. The number of hydrogen-bond acceptors (Lipinski definition) is 9. The number of pyridine rings is 6. The zero-order valence-electron chi connectivity index (χ0n) is 70.9. The van der Waals surface area contributed by atoms with Gasteiger partial charge in [0.05, 0.1) is 29.1 Å². The van der Waals surface area contributed by atoms with Gasteiger partial charge in [-0.25, -0.2) is 8.42 Å². The molecule has 0 atom stereocenters. The Bertz CT molecular complexity index is 6410. The molecular weight excluding hydrogens is 2150 g/mol. The number of thiophene rings is 1. The minimum Gasteiger partial charge on any atom is -0.305 e. The molecular formula is C107H92Ir3N6O2S2Si4-6. The SMILES string of the molecule is C[Si](C)(C)c1ccc(-c2[c-]cc3c(c2)-c2ccccc2[Si]3(c2ccccc2)c2ccccc2)nc1.Cc1cc(-c2[c-]cc3c(c2)-c2ccccc2S3(=O)=O)ncc1[Si](C)(C)C.Cc1cc(-c2[c-]cc3c(c2)sc2ccccc23)ncc1[Si](C)(C)C.[Ir].[Ir].[Ir].[c-]1ccccc1-c1ccccn1.[c-]1ccccc1-c1ccccn1.[c-]1ccccc1-c1ccccn1. The normalized spacial score (nSPS) is 12.2. The first-order valence-corrected chi connectivity index (χ1v) is 55.4. The molecule has 623 valence electrons. The van der Waals surface area contributed by atoms with Crippen LogP contribution in [0.1, 0.15) is 11.1 Å². The fourth-order valence-electron chi connectivity index (χ4n) is 15.6. The summed E-state index contributed by atoms with van der Waals surface area (Å²) >= 11 is 1.84. The van der Waals surface area contributed by atoms with Gasteiger partial charge in [-0.1, -0.05) is 279 Å². The van der Waals surface area contributed by atoms with Crippen LogP contribution < -0.4 is 36.3 Å². The van der Waals surface area contributed by atoms with Crippen LogP contribution in [0.3, 0.4) is 0 Å². The van der Waals surface area contributed by atoms with E-state index < -0.39 is 42.1 Å². The fourth-order valence-corrected chi connectivity index (χ4v) is 28.0. The van der Waals surface area contributed by atoms with E-state index in [0.29, 0.717) is 9.79 Å². The van der Waals surface area contributed by atoms with Crippen molar-refractivity contribution >= 4 is 110 Å². The molecule has 0 saturated carbocycles. The van der Waals surface area contributed by atoms with Gasteiger partial charge >= 0.3 is 0 Å². The molecule has 18 aromatic rings. The molecule has 9 heterocycles. The maximum absolute atomic E-state index is 12.7. The van der Waals surface area contributed by atoms with Crippen LogP contribution in [0.4, 0.5) is 0 Å². The van der Waals surface area contributed by atoms with Crippen LogP contribution in [-0.2, 0) is 70.2 Å². The minimum absolute atomic E-state index is 0. The smallest absolute Gasteiger partial charge is 0.173 e. The van der Waals surface area contributed by atoms with Crippen molar-refractivity contribution in [3.63, 3.8) is 0 Å². The molecule has 0 bridgehead atoms. The average Bonchev–Trinajstić information content (AvgIpc) is 1.53. The van der Waals surface area contributed by atoms with E-state index in [-0.39, 0.29) is 60.3 Å². The molecule has 0 unspecified atom stereocenters. The van der Waals surface area contributed by atoms with Crippen LogP contribution in [0.25, 0.3) is 110 Å². The van der Waals surface area contributed by atoms with E-state index in [4.69, 9.17) is 9.97 Å². The maximum Gasteiger partial charge on any atom is 0.173 e. The van der Waals surface area contributed by atoms with Crippen LogP contribution in [0.5, 0.6) is 0 Å². The average molecular weight is 2250 g/mol. The van der Waals surface area contributed by atoms with Gasteiger partial charge in [0, 0.05) is 102 Å². The summed E-state index contributed by atoms with van der Waals surface area (Å²) in [6.07, 6.45) is 11.5. The Morgan fingerprint density at radius 2 is 0.734 bits per heavy atom. The molecule has 7 aromatic heterocycles. The molecule has 0 amide bonds. The summed E-state index contributed by atoms with van der Waals surface area (Å²) in [6, 6.07) is 129. The Kier molecular flexibility index (Phi) is 30.5. The molecule has 8 nitrogen and oxygen atoms in total. The van der Waals surface area contributed by atoms with Crippen molar-refractivity contribution in [3.8, 4) is 89.8 Å². The second-order valence-corrected chi connectivity index (χ2v) is 54.8. The summed E-state index contributed by atoms with van der Waals surface area (Å²) in [5, 5.41) is 12.5. The predicted molar refractivity (Wildman–Crippen MR) is 516 cm³/mol. The largest absolute Gasteiger partial charge is 0.305 e. The second-order valence-electron chi connectivity index (χ2n) is 33.0. The van der Waals surface area contributed by atoms with Crippen molar-refractivity contribution in [1.29, 1.82) is 0 Å². The molecule has 20 rings (SSSR count). The zero-order valence-corrected chi connectivity index (χ0v) is 83.7. The molecule has 124 heavy (non-hydrogen) atoms. The Labute approximate surface area is 779 Å². The van der Waals surface area contributed by atoms with E-state index in [1.807, 2.05) is 163 Å². The summed E-state index contributed by atoms with van der Waals surface area (Å²) in [4.78, 5) is 27.6. The van der Waals surface area contributed by atoms with Crippen molar-refractivity contribution in [3.05, 3.63) is 406 Å². The first-order valence-electron chi connectivity index (χ1n) is 40.6. The molecule has 0 fully saturated rings. The molecule has 0 spiro atoms. The zero-order chi connectivity index (χ0) is 84.3. The van der Waals surface area contributed by atoms with Crippen molar-refractivity contribution < 1.29 is 68.7 Å². The Morgan fingerprint density at radius 3 is 1.21 bits per heavy atom. The Hall–Kier alpha value is -10.7. The van der Waals surface area contributed by atoms with Crippen molar-refractivity contribution in [2.24, 2.45) is 0 Å². The molecule has 17 heteroatoms. The van der Waals surface area contributed by atoms with E-state index in [9.17, 15) is 8.42 Å². The van der Waals surface area contributed by atoms with Crippen LogP contribution >= 0.6 is 11.3 Å². The summed E-state index contributed by atoms with van der Waals surface area (Å²) in [5.74, 6) is 0. The number of aryl methyl sites for hydroxylation is 2. The number of hydrogen-bond donors (Lipinski definition) is 0. The van der Waals surface area contributed by atoms with Gasteiger partial charge in [0.2, 0.25) is 0 Å². The minimum atomic E-state index is -3.44. The van der Waals surface area contributed by atoms with Crippen molar-refractivity contribution in [2.75, 3.05) is 0 Å². The van der Waals surface area contributed by atoms with E-state index in [1.165, 1.54) is 78.7 Å². The maximum atomic E-state index is 12.7. The Balaban J connectivity index is 0.000000142. The van der Waals surface area contributed by atoms with E-state index in [2.05, 4.69) is 299 Å². The van der Waals surface area contributed by atoms with Gasteiger partial charge < -0.3 is 29.9 Å². The number of sulfone groups is 1. The predicted octanol–water partition coefficient (Wildman–Crippen LogP) is 22.1. The summed E-state index contributed by atoms with van der Waals surface area (Å²) < 4.78 is 28.0. The van der Waals surface area contributed by atoms with Gasteiger partial charge in [0.25, 0.3) is 0 Å². The third-order valence-electron chi connectivity index (χ3n) is 21.6. The van der Waals surface area contributed by atoms with E-state index in [0.717, 1.165) is 78.7 Å². The van der Waals surface area contributed by atoms with Gasteiger partial charge in [-0.15, -0.1) is 184 Å². The monoisotopic (exact) mass is 2250 g/mol. The standard InChI is InChI=1S/C32H28NSi2.C21H20NO2SSi.C21H20NSSi.3C11H8N.3Ir/c1-34(2,3)27-19-20-30(33-23-27)24-18-21-32-29(22-24)28-16-10-11-17-31(28)35(32,25-12-6-4-7-13-25)26-14-8-5-9-15-26;1-14-11-18(22-13-21(14)26(2,3)4)15-9-10-20-17(12-15)16-7-5-6-8-19(16)25(20,23)24;1-14-11-18(22-13-21(14)24(2,3)4)15-9-10-17-16-7-5-6-8-19(16)23-20(17)12-15;3*1-2-6-10(7-3-1)11-8-4-5-9-12-11;;;/h4-17,19-23H,1-3H3;5-8,10-13H,1-4H3;5-8,10-13H,1-4H3;3*1-6,8-9H;;;/q6*-1;;;. The summed E-state index contributed by atoms with van der Waals surface area (Å²) in [5.41, 5.74) is 18.6. The van der Waals surface area contributed by atoms with Gasteiger partial charge in [-0.05, 0) is 125 Å². The van der Waals surface area contributed by atoms with Gasteiger partial charge in [-0.2, -0.15) is 11.3 Å². The van der Waals surface area contributed by atoms with E-state index in [1.54, 1.807) is 36.8 Å². The molecule has 2 aliphatic heterocycles. The number of nitrogens with zero attached hydrogens (tertiary/aromatic N) is 6. The topological polar surface area (TPSA) is 111 Å². The van der Waals surface area contributed by atoms with Gasteiger partial charge in [0.1, 0.15) is 8.07 Å².